The molecule has 0 radical (unpaired) electrons. The molecular formula is C29H47NS2. The lowest BCUT2D eigenvalue weighted by molar-refractivity contribution is 0.350. The van der Waals surface area contributed by atoms with E-state index in [1.165, 1.54) is 34.4 Å². The van der Waals surface area contributed by atoms with Crippen molar-refractivity contribution in [3.05, 3.63) is 51.5 Å². The van der Waals surface area contributed by atoms with Crippen LogP contribution in [0.15, 0.2) is 39.7 Å². The average Bonchev–Trinajstić information content (AvgIpc) is 2.72. The summed E-state index contributed by atoms with van der Waals surface area (Å²) < 4.78 is 4.30. The van der Waals surface area contributed by atoms with Crippen molar-refractivity contribution in [2.45, 2.75) is 103 Å². The predicted octanol–water partition coefficient (Wildman–Crippen LogP) is 8.72. The van der Waals surface area contributed by atoms with Crippen LogP contribution in [-0.2, 0) is 0 Å². The molecule has 3 rings (SSSR count). The first-order chi connectivity index (χ1) is 14.8. The molecule has 1 aromatic carbocycles. The van der Waals surface area contributed by atoms with Gasteiger partial charge in [-0.25, -0.2) is 0 Å². The molecule has 1 aliphatic carbocycles. The summed E-state index contributed by atoms with van der Waals surface area (Å²) in [6.45, 7) is 23.7. The number of fused-ring (bicyclic) bond motifs is 2. The fourth-order valence-corrected chi connectivity index (χ4v) is 14.1. The van der Waals surface area contributed by atoms with Gasteiger partial charge in [0.15, 0.2) is 0 Å². The fourth-order valence-electron chi connectivity index (χ4n) is 6.54. The van der Waals surface area contributed by atoms with Gasteiger partial charge in [-0.3, -0.25) is 4.72 Å². The van der Waals surface area contributed by atoms with Crippen molar-refractivity contribution in [1.82, 2.24) is 4.72 Å². The standard InChI is InChI=1S/C29H47NS2/c1-12-13-25-23(7)24-16-19(3)22(6)28(26(17-24)31-25)32(11,30-29(8,9)10)27-20(4)14-18(2)15-21(27)5/h12-15,19,22,24,26,28,30H,16-17H2,1-11H3/b13-12-. The zero-order chi connectivity index (χ0) is 24.0. The molecule has 2 bridgehead atoms. The summed E-state index contributed by atoms with van der Waals surface area (Å²) in [6.07, 6.45) is 9.88. The van der Waals surface area contributed by atoms with Gasteiger partial charge in [-0.05, 0) is 103 Å². The van der Waals surface area contributed by atoms with Crippen LogP contribution in [0.3, 0.4) is 0 Å². The van der Waals surface area contributed by atoms with Crippen LogP contribution in [0.25, 0.3) is 0 Å². The Morgan fingerprint density at radius 1 is 1.03 bits per heavy atom. The van der Waals surface area contributed by atoms with Gasteiger partial charge >= 0.3 is 0 Å². The molecule has 6 unspecified atom stereocenters. The van der Waals surface area contributed by atoms with E-state index in [1.807, 2.05) is 0 Å². The monoisotopic (exact) mass is 473 g/mol. The average molecular weight is 474 g/mol. The van der Waals surface area contributed by atoms with E-state index in [0.717, 1.165) is 11.8 Å². The smallest absolute Gasteiger partial charge is 0.0221 e. The summed E-state index contributed by atoms with van der Waals surface area (Å²) in [5.74, 6) is 2.15. The maximum atomic E-state index is 4.30. The van der Waals surface area contributed by atoms with Gasteiger partial charge in [-0.15, -0.1) is 11.8 Å². The highest BCUT2D eigenvalue weighted by Gasteiger charge is 2.49. The van der Waals surface area contributed by atoms with Crippen molar-refractivity contribution in [3.8, 4) is 0 Å². The summed E-state index contributed by atoms with van der Waals surface area (Å²) in [6, 6.07) is 4.82. The lowest BCUT2D eigenvalue weighted by Gasteiger charge is -2.54. The summed E-state index contributed by atoms with van der Waals surface area (Å²) in [5.41, 5.74) is 6.02. The molecule has 1 aromatic rings. The minimum absolute atomic E-state index is 0.0692. The molecule has 3 heteroatoms. The van der Waals surface area contributed by atoms with Gasteiger partial charge in [0.2, 0.25) is 0 Å². The molecule has 180 valence electrons. The second-order valence-electron chi connectivity index (χ2n) is 11.7. The number of allylic oxidation sites excluding steroid dienone is 3. The molecule has 0 spiro atoms. The normalized spacial score (nSPS) is 32.0. The van der Waals surface area contributed by atoms with Crippen molar-refractivity contribution in [2.75, 3.05) is 6.26 Å². The Hall–Kier alpha value is -0.640. The summed E-state index contributed by atoms with van der Waals surface area (Å²) in [5, 5.41) is 1.30. The van der Waals surface area contributed by atoms with E-state index in [2.05, 4.69) is 116 Å². The zero-order valence-electron chi connectivity index (χ0n) is 22.4. The molecule has 2 aliphatic rings. The number of hydrogen-bond acceptors (Lipinski definition) is 2. The van der Waals surface area contributed by atoms with E-state index in [1.54, 1.807) is 10.5 Å². The Balaban J connectivity index is 2.23. The summed E-state index contributed by atoms with van der Waals surface area (Å²) in [4.78, 5) is 3.15. The number of rotatable bonds is 4. The Bertz CT molecular complexity index is 883. The molecule has 1 N–H and O–H groups in total. The fraction of sp³-hybridized carbons (Fsp3) is 0.655. The molecule has 1 aliphatic heterocycles. The first kappa shape index (κ1) is 26.0. The van der Waals surface area contributed by atoms with Gasteiger partial charge in [0, 0.05) is 25.8 Å². The Labute approximate surface area is 204 Å². The Morgan fingerprint density at radius 3 is 2.16 bits per heavy atom. The lowest BCUT2D eigenvalue weighted by Crippen LogP contribution is -2.48. The second kappa shape index (κ2) is 9.55. The number of thioether (sulfide) groups is 1. The molecular weight excluding hydrogens is 426 g/mol. The largest absolute Gasteiger partial charge is 0.271 e. The minimum Gasteiger partial charge on any atom is -0.271 e. The zero-order valence-corrected chi connectivity index (χ0v) is 24.1. The molecule has 0 saturated heterocycles. The van der Waals surface area contributed by atoms with Gasteiger partial charge < -0.3 is 0 Å². The van der Waals surface area contributed by atoms with E-state index >= 15 is 0 Å². The van der Waals surface area contributed by atoms with Gasteiger partial charge in [-0.1, -0.05) is 49.3 Å². The van der Waals surface area contributed by atoms with E-state index in [0.29, 0.717) is 16.4 Å². The third-order valence-electron chi connectivity index (χ3n) is 7.64. The van der Waals surface area contributed by atoms with Crippen LogP contribution < -0.4 is 4.72 Å². The number of nitrogens with one attached hydrogen (secondary N) is 1. The topological polar surface area (TPSA) is 12.0 Å². The Kier molecular flexibility index (Phi) is 7.75. The lowest BCUT2D eigenvalue weighted by atomic mass is 9.85. The molecule has 6 atom stereocenters. The first-order valence-electron chi connectivity index (χ1n) is 12.4. The highest BCUT2D eigenvalue weighted by molar-refractivity contribution is 8.32. The third kappa shape index (κ3) is 5.05. The highest BCUT2D eigenvalue weighted by atomic mass is 32.3. The van der Waals surface area contributed by atoms with Crippen LogP contribution in [0.5, 0.6) is 0 Å². The van der Waals surface area contributed by atoms with Gasteiger partial charge in [0.05, 0.1) is 0 Å². The third-order valence-corrected chi connectivity index (χ3v) is 13.7. The van der Waals surface area contributed by atoms with E-state index in [4.69, 9.17) is 0 Å². The van der Waals surface area contributed by atoms with Crippen LogP contribution >= 0.6 is 22.0 Å². The van der Waals surface area contributed by atoms with E-state index in [-0.39, 0.29) is 5.54 Å². The molecule has 0 amide bonds. The summed E-state index contributed by atoms with van der Waals surface area (Å²) >= 11 is 2.18. The minimum atomic E-state index is -1.28. The van der Waals surface area contributed by atoms with Crippen LogP contribution in [0.2, 0.25) is 0 Å². The van der Waals surface area contributed by atoms with Crippen LogP contribution in [0.1, 0.15) is 78.0 Å². The SMILES string of the molecule is C/C=C\C1=C(C)C2CC(C)C(C)C(S(C)(NC(C)(C)C)c3c(C)cc(C)cc3C)C(C2)S1. The molecule has 1 fully saturated rings. The quantitative estimate of drug-likeness (QED) is 0.469. The second-order valence-corrected chi connectivity index (χ2v) is 16.1. The highest BCUT2D eigenvalue weighted by Crippen LogP contribution is 2.65. The van der Waals surface area contributed by atoms with Gasteiger partial charge in [-0.2, -0.15) is 10.2 Å². The molecule has 32 heavy (non-hydrogen) atoms. The van der Waals surface area contributed by atoms with Crippen molar-refractivity contribution >= 4 is 22.0 Å². The molecule has 1 nitrogen and oxygen atoms in total. The van der Waals surface area contributed by atoms with Crippen molar-refractivity contribution in [1.29, 1.82) is 0 Å². The van der Waals surface area contributed by atoms with Crippen molar-refractivity contribution < 1.29 is 0 Å². The number of aryl methyl sites for hydroxylation is 3. The maximum Gasteiger partial charge on any atom is 0.0221 e. The van der Waals surface area contributed by atoms with Crippen LogP contribution in [0, 0.1) is 38.5 Å². The first-order valence-corrected chi connectivity index (χ1v) is 15.4. The number of hydrogen-bond donors (Lipinski definition) is 1. The van der Waals surface area contributed by atoms with Crippen molar-refractivity contribution in [3.63, 3.8) is 0 Å². The Morgan fingerprint density at radius 2 is 1.62 bits per heavy atom. The van der Waals surface area contributed by atoms with Gasteiger partial charge in [0.25, 0.3) is 0 Å². The van der Waals surface area contributed by atoms with E-state index < -0.39 is 10.2 Å². The summed E-state index contributed by atoms with van der Waals surface area (Å²) in [7, 11) is -1.28. The van der Waals surface area contributed by atoms with Crippen molar-refractivity contribution in [2.24, 2.45) is 17.8 Å². The van der Waals surface area contributed by atoms with Gasteiger partial charge in [0.1, 0.15) is 0 Å². The van der Waals surface area contributed by atoms with Crippen LogP contribution in [0.4, 0.5) is 0 Å². The molecule has 0 aromatic heterocycles. The predicted molar refractivity (Wildman–Crippen MR) is 149 cm³/mol. The van der Waals surface area contributed by atoms with Crippen LogP contribution in [-0.4, -0.2) is 22.3 Å². The molecule has 1 heterocycles. The molecule has 1 saturated carbocycles. The maximum absolute atomic E-state index is 4.30. The van der Waals surface area contributed by atoms with E-state index in [9.17, 15) is 0 Å². The number of benzene rings is 1.